The van der Waals surface area contributed by atoms with E-state index in [1.54, 1.807) is 36.5 Å². The summed E-state index contributed by atoms with van der Waals surface area (Å²) in [6, 6.07) is 15.9. The average molecular weight is 688 g/mol. The molecule has 0 atom stereocenters. The molecule has 11 nitrogen and oxygen atoms in total. The number of hydrogen-bond acceptors (Lipinski definition) is 8. The molecule has 3 N–H and O–H groups in total. The molecule has 0 saturated carbocycles. The molecule has 0 aliphatic carbocycles. The van der Waals surface area contributed by atoms with Crippen LogP contribution in [-0.2, 0) is 22.6 Å². The van der Waals surface area contributed by atoms with Crippen molar-refractivity contribution >= 4 is 69.1 Å². The summed E-state index contributed by atoms with van der Waals surface area (Å²) in [6.45, 7) is 7.01. The van der Waals surface area contributed by atoms with Crippen LogP contribution in [0, 0.1) is 6.92 Å². The van der Waals surface area contributed by atoms with Gasteiger partial charge in [-0.1, -0.05) is 54.0 Å². The highest BCUT2D eigenvalue weighted by Crippen LogP contribution is 2.45. The number of amides is 2. The molecule has 2 aromatic heterocycles. The van der Waals surface area contributed by atoms with Crippen LogP contribution in [0.25, 0.3) is 22.2 Å². The maximum Gasteiger partial charge on any atom is 0.260 e. The van der Waals surface area contributed by atoms with E-state index in [9.17, 15) is 14.4 Å². The molecule has 3 aromatic carbocycles. The van der Waals surface area contributed by atoms with Crippen LogP contribution in [0.15, 0.2) is 78.2 Å². The van der Waals surface area contributed by atoms with Gasteiger partial charge in [0.05, 0.1) is 41.2 Å². The Labute approximate surface area is 286 Å². The van der Waals surface area contributed by atoms with Crippen molar-refractivity contribution in [2.75, 3.05) is 30.2 Å². The first kappa shape index (κ1) is 34.0. The van der Waals surface area contributed by atoms with Gasteiger partial charge in [0.25, 0.3) is 5.56 Å². The average Bonchev–Trinajstić information content (AvgIpc) is 3.07. The Kier molecular flexibility index (Phi) is 10.3. The summed E-state index contributed by atoms with van der Waals surface area (Å²) in [4.78, 5) is 47.3. The minimum absolute atomic E-state index is 0.146. The number of aromatic nitrogens is 3. The van der Waals surface area contributed by atoms with Crippen LogP contribution in [0.5, 0.6) is 11.5 Å². The van der Waals surface area contributed by atoms with Crippen LogP contribution in [0.4, 0.5) is 23.0 Å². The Morgan fingerprint density at radius 2 is 1.69 bits per heavy atom. The van der Waals surface area contributed by atoms with Gasteiger partial charge in [0.15, 0.2) is 0 Å². The fourth-order valence-electron chi connectivity index (χ4n) is 5.16. The van der Waals surface area contributed by atoms with E-state index < -0.39 is 5.56 Å². The Morgan fingerprint density at radius 1 is 1.00 bits per heavy atom. The van der Waals surface area contributed by atoms with E-state index in [0.29, 0.717) is 34.5 Å². The number of hydrogen-bond donors (Lipinski definition) is 3. The number of pyridine rings is 1. The second-order valence-corrected chi connectivity index (χ2v) is 11.5. The second-order valence-electron chi connectivity index (χ2n) is 10.7. The van der Waals surface area contributed by atoms with Crippen LogP contribution in [0.2, 0.25) is 10.0 Å². The molecule has 5 rings (SSSR count). The minimum Gasteiger partial charge on any atom is -0.495 e. The second kappa shape index (κ2) is 14.6. The third-order valence-electron chi connectivity index (χ3n) is 7.52. The van der Waals surface area contributed by atoms with Crippen LogP contribution in [0.1, 0.15) is 18.1 Å². The summed E-state index contributed by atoms with van der Waals surface area (Å²) in [5, 5.41) is 9.58. The van der Waals surface area contributed by atoms with Crippen molar-refractivity contribution in [3.05, 3.63) is 105 Å². The van der Waals surface area contributed by atoms with Gasteiger partial charge in [-0.25, -0.2) is 4.98 Å². The maximum atomic E-state index is 14.4. The number of aryl methyl sites for hydroxylation is 3. The number of nitrogens with one attached hydrogen (secondary N) is 3. The van der Waals surface area contributed by atoms with E-state index in [4.69, 9.17) is 37.7 Å². The lowest BCUT2D eigenvalue weighted by Crippen LogP contribution is -2.24. The van der Waals surface area contributed by atoms with E-state index >= 15 is 0 Å². The van der Waals surface area contributed by atoms with Crippen molar-refractivity contribution in [3.8, 4) is 22.6 Å². The highest BCUT2D eigenvalue weighted by molar-refractivity contribution is 6.41. The molecule has 0 fully saturated rings. The zero-order valence-electron chi connectivity index (χ0n) is 26.6. The van der Waals surface area contributed by atoms with Gasteiger partial charge >= 0.3 is 0 Å². The first-order chi connectivity index (χ1) is 23.0. The Hall–Kier alpha value is -5.39. The van der Waals surface area contributed by atoms with Gasteiger partial charge in [-0.15, -0.1) is 0 Å². The Bertz CT molecular complexity index is 2090. The third-order valence-corrected chi connectivity index (χ3v) is 8.27. The maximum absolute atomic E-state index is 14.4. The van der Waals surface area contributed by atoms with Gasteiger partial charge in [0.2, 0.25) is 17.8 Å². The fourth-order valence-corrected chi connectivity index (χ4v) is 5.86. The van der Waals surface area contributed by atoms with Crippen LogP contribution in [0.3, 0.4) is 0 Å². The van der Waals surface area contributed by atoms with Crippen molar-refractivity contribution < 1.29 is 19.1 Å². The number of halogens is 2. The van der Waals surface area contributed by atoms with Crippen LogP contribution in [-0.4, -0.2) is 40.6 Å². The molecule has 2 heterocycles. The number of anilines is 4. The van der Waals surface area contributed by atoms with Gasteiger partial charge in [-0.05, 0) is 54.8 Å². The first-order valence-corrected chi connectivity index (χ1v) is 15.5. The monoisotopic (exact) mass is 686 g/mol. The number of rotatable bonds is 11. The number of carbonyl (C=O) groups is 2. The molecule has 0 aliphatic heterocycles. The summed E-state index contributed by atoms with van der Waals surface area (Å²) >= 11 is 13.5. The van der Waals surface area contributed by atoms with Gasteiger partial charge < -0.3 is 25.4 Å². The molecule has 48 heavy (non-hydrogen) atoms. The van der Waals surface area contributed by atoms with Gasteiger partial charge in [-0.2, -0.15) is 4.98 Å². The largest absolute Gasteiger partial charge is 0.495 e. The molecule has 13 heteroatoms. The minimum atomic E-state index is -0.407. The topological polar surface area (TPSA) is 136 Å². The van der Waals surface area contributed by atoms with E-state index in [2.05, 4.69) is 27.5 Å². The SMILES string of the molecule is C=CC(=O)Nc1ccc(CCn2c(=O)c(-c3c(Cl)c(OC)cc(OC)c3Cl)cc3cnc(Nc4c(C)cccc4NC(C)=O)nc32)cc1. The molecule has 0 aliphatic rings. The van der Waals surface area contributed by atoms with Crippen LogP contribution < -0.4 is 31.0 Å². The number of para-hydroxylation sites is 1. The summed E-state index contributed by atoms with van der Waals surface area (Å²) in [5.41, 5.74) is 3.94. The molecule has 0 unspecified atom stereocenters. The summed E-state index contributed by atoms with van der Waals surface area (Å²) in [7, 11) is 2.92. The molecule has 0 spiro atoms. The number of carbonyl (C=O) groups excluding carboxylic acids is 2. The van der Waals surface area contributed by atoms with E-state index in [0.717, 1.165) is 11.1 Å². The molecular weight excluding hydrogens is 655 g/mol. The molecule has 5 aromatic rings. The Balaban J connectivity index is 1.64. The molecule has 0 saturated heterocycles. The lowest BCUT2D eigenvalue weighted by molar-refractivity contribution is -0.114. The molecule has 0 radical (unpaired) electrons. The van der Waals surface area contributed by atoms with Gasteiger partial charge in [0.1, 0.15) is 17.1 Å². The lowest BCUT2D eigenvalue weighted by Gasteiger charge is -2.18. The first-order valence-electron chi connectivity index (χ1n) is 14.7. The van der Waals surface area contributed by atoms with Crippen molar-refractivity contribution in [2.24, 2.45) is 0 Å². The predicted octanol–water partition coefficient (Wildman–Crippen LogP) is 7.16. The summed E-state index contributed by atoms with van der Waals surface area (Å²) in [6.07, 6.45) is 3.23. The number of nitrogens with zero attached hydrogens (tertiary/aromatic N) is 3. The van der Waals surface area contributed by atoms with Gasteiger partial charge in [-0.3, -0.25) is 19.0 Å². The highest BCUT2D eigenvalue weighted by Gasteiger charge is 2.23. The van der Waals surface area contributed by atoms with E-state index in [-0.39, 0.29) is 57.0 Å². The quantitative estimate of drug-likeness (QED) is 0.125. The third kappa shape index (κ3) is 7.12. The standard InChI is InChI=1S/C35H32Cl2N6O5/c1-6-28(45)40-23-12-10-21(11-13-23)14-15-43-33-22(16-24(34(43)46)29-30(36)26(47-4)17-27(48-5)31(29)37)18-38-35(42-33)41-32-19(2)8-7-9-25(32)39-20(3)44/h6-13,16-18H,1,14-15H2,2-5H3,(H,39,44)(H,40,45)(H,38,41,42). The van der Waals surface area contributed by atoms with Crippen molar-refractivity contribution in [1.29, 1.82) is 0 Å². The lowest BCUT2D eigenvalue weighted by atomic mass is 10.0. The van der Waals surface area contributed by atoms with Crippen molar-refractivity contribution in [3.63, 3.8) is 0 Å². The Morgan fingerprint density at radius 3 is 2.31 bits per heavy atom. The smallest absolute Gasteiger partial charge is 0.260 e. The summed E-state index contributed by atoms with van der Waals surface area (Å²) in [5.74, 6) is 0.235. The van der Waals surface area contributed by atoms with E-state index in [1.807, 2.05) is 31.2 Å². The van der Waals surface area contributed by atoms with Crippen molar-refractivity contribution in [2.45, 2.75) is 26.8 Å². The van der Waals surface area contributed by atoms with Crippen LogP contribution >= 0.6 is 23.2 Å². The zero-order valence-corrected chi connectivity index (χ0v) is 28.1. The highest BCUT2D eigenvalue weighted by atomic mass is 35.5. The van der Waals surface area contributed by atoms with Crippen molar-refractivity contribution in [1.82, 2.24) is 14.5 Å². The molecular formula is C35H32Cl2N6O5. The number of fused-ring (bicyclic) bond motifs is 1. The van der Waals surface area contributed by atoms with E-state index in [1.165, 1.54) is 31.8 Å². The fraction of sp³-hybridized carbons (Fsp3) is 0.171. The number of ether oxygens (including phenoxy) is 2. The molecule has 246 valence electrons. The molecule has 2 amide bonds. The molecule has 0 bridgehead atoms. The zero-order chi connectivity index (χ0) is 34.5. The number of benzene rings is 3. The normalized spacial score (nSPS) is 10.8. The number of methoxy groups -OCH3 is 2. The predicted molar refractivity (Wildman–Crippen MR) is 190 cm³/mol. The van der Waals surface area contributed by atoms with Gasteiger partial charge in [0, 0.05) is 42.4 Å². The summed E-state index contributed by atoms with van der Waals surface area (Å²) < 4.78 is 12.4.